The quantitative estimate of drug-likeness (QED) is 0.714. The number of nitrogens with zero attached hydrogens (tertiary/aromatic N) is 2. The lowest BCUT2D eigenvalue weighted by molar-refractivity contribution is -0.118. The Morgan fingerprint density at radius 1 is 1.03 bits per heavy atom. The third-order valence-corrected chi connectivity index (χ3v) is 5.35. The zero-order valence-electron chi connectivity index (χ0n) is 17.2. The number of anilines is 2. The minimum atomic E-state index is -1.12. The topological polar surface area (TPSA) is 60.9 Å². The number of rotatable bonds is 7. The number of ketones is 1. The van der Waals surface area contributed by atoms with Crippen molar-refractivity contribution in [3.05, 3.63) is 71.0 Å². The second-order valence-corrected chi connectivity index (χ2v) is 6.98. The molecule has 2 aromatic rings. The van der Waals surface area contributed by atoms with Crippen molar-refractivity contribution >= 4 is 23.1 Å². The third kappa shape index (κ3) is 3.67. The lowest BCUT2D eigenvalue weighted by Gasteiger charge is -2.28. The predicted octanol–water partition coefficient (Wildman–Crippen LogP) is 4.69. The lowest BCUT2D eigenvalue weighted by atomic mass is 9.94. The van der Waals surface area contributed by atoms with E-state index in [1.165, 1.54) is 6.07 Å². The number of aliphatic hydroxyl groups is 1. The Morgan fingerprint density at radius 2 is 1.67 bits per heavy atom. The number of halogens is 2. The van der Waals surface area contributed by atoms with Gasteiger partial charge in [-0.05, 0) is 43.7 Å². The van der Waals surface area contributed by atoms with Crippen LogP contribution in [-0.2, 0) is 9.59 Å². The summed E-state index contributed by atoms with van der Waals surface area (Å²) in [6.07, 6.45) is 0.0896. The SMILES string of the molecule is CCC(=O)C1=C(O)C(=O)N(c2ccc(F)c(F)c2)C1c1ccc(N(CC)CC)cc1. The fourth-order valence-electron chi connectivity index (χ4n) is 3.75. The standard InChI is InChI=1S/C23H24F2N2O3/c1-4-19(28)20-21(14-7-9-15(10-8-14)26(5-2)6-3)27(23(30)22(20)29)16-11-12-17(24)18(25)13-16/h7-13,21,29H,4-6H2,1-3H3. The van der Waals surface area contributed by atoms with Gasteiger partial charge in [0.15, 0.2) is 23.2 Å². The second kappa shape index (κ2) is 8.65. The molecule has 1 aliphatic heterocycles. The van der Waals surface area contributed by atoms with E-state index in [2.05, 4.69) is 4.90 Å². The molecule has 1 amide bonds. The number of Topliss-reactive ketones (excluding diaryl/α,β-unsaturated/α-hetero) is 1. The van der Waals surface area contributed by atoms with Crippen LogP contribution >= 0.6 is 0 Å². The highest BCUT2D eigenvalue weighted by Gasteiger charge is 2.44. The van der Waals surface area contributed by atoms with Gasteiger partial charge in [-0.3, -0.25) is 14.5 Å². The molecule has 0 bridgehead atoms. The van der Waals surface area contributed by atoms with Crippen molar-refractivity contribution in [2.24, 2.45) is 0 Å². The van der Waals surface area contributed by atoms with Crippen molar-refractivity contribution in [3.8, 4) is 0 Å². The van der Waals surface area contributed by atoms with Gasteiger partial charge in [-0.1, -0.05) is 19.1 Å². The first-order valence-electron chi connectivity index (χ1n) is 9.93. The van der Waals surface area contributed by atoms with Crippen LogP contribution in [0.1, 0.15) is 38.8 Å². The molecule has 0 fully saturated rings. The summed E-state index contributed by atoms with van der Waals surface area (Å²) in [6.45, 7) is 7.35. The molecule has 7 heteroatoms. The van der Waals surface area contributed by atoms with Crippen molar-refractivity contribution in [1.29, 1.82) is 0 Å². The van der Waals surface area contributed by atoms with Gasteiger partial charge in [0.1, 0.15) is 0 Å². The number of benzene rings is 2. The number of hydrogen-bond acceptors (Lipinski definition) is 4. The zero-order valence-corrected chi connectivity index (χ0v) is 17.2. The van der Waals surface area contributed by atoms with Crippen LogP contribution in [0.25, 0.3) is 0 Å². The van der Waals surface area contributed by atoms with Gasteiger partial charge < -0.3 is 10.0 Å². The van der Waals surface area contributed by atoms with Gasteiger partial charge in [0.25, 0.3) is 5.91 Å². The second-order valence-electron chi connectivity index (χ2n) is 6.98. The van der Waals surface area contributed by atoms with Crippen LogP contribution in [-0.4, -0.2) is 29.9 Å². The van der Waals surface area contributed by atoms with E-state index in [1.807, 2.05) is 26.0 Å². The van der Waals surface area contributed by atoms with Gasteiger partial charge in [0.2, 0.25) is 0 Å². The largest absolute Gasteiger partial charge is 0.503 e. The number of amides is 1. The summed E-state index contributed by atoms with van der Waals surface area (Å²) in [5, 5.41) is 10.5. The van der Waals surface area contributed by atoms with Crippen molar-refractivity contribution in [3.63, 3.8) is 0 Å². The van der Waals surface area contributed by atoms with E-state index in [9.17, 15) is 23.5 Å². The van der Waals surface area contributed by atoms with E-state index in [0.29, 0.717) is 5.56 Å². The number of carbonyl (C=O) groups excluding carboxylic acids is 2. The average molecular weight is 414 g/mol. The molecule has 30 heavy (non-hydrogen) atoms. The maximum Gasteiger partial charge on any atom is 0.294 e. The van der Waals surface area contributed by atoms with E-state index in [0.717, 1.165) is 35.8 Å². The third-order valence-electron chi connectivity index (χ3n) is 5.35. The first-order valence-corrected chi connectivity index (χ1v) is 9.93. The first kappa shape index (κ1) is 21.5. The molecule has 2 aromatic carbocycles. The van der Waals surface area contributed by atoms with Crippen LogP contribution in [0.5, 0.6) is 0 Å². The maximum atomic E-state index is 13.9. The molecule has 0 saturated carbocycles. The summed E-state index contributed by atoms with van der Waals surface area (Å²) in [6, 6.07) is 9.42. The van der Waals surface area contributed by atoms with Gasteiger partial charge >= 0.3 is 0 Å². The molecule has 0 radical (unpaired) electrons. The molecule has 1 N–H and O–H groups in total. The fourth-order valence-corrected chi connectivity index (χ4v) is 3.75. The number of aliphatic hydroxyl groups excluding tert-OH is 1. The van der Waals surface area contributed by atoms with Crippen molar-refractivity contribution in [2.75, 3.05) is 22.9 Å². The molecule has 1 unspecified atom stereocenters. The van der Waals surface area contributed by atoms with Crippen molar-refractivity contribution in [1.82, 2.24) is 0 Å². The summed E-state index contributed by atoms with van der Waals surface area (Å²) in [5.41, 5.74) is 1.58. The molecule has 3 rings (SSSR count). The van der Waals surface area contributed by atoms with Crippen molar-refractivity contribution in [2.45, 2.75) is 33.2 Å². The summed E-state index contributed by atoms with van der Waals surface area (Å²) in [5.74, 6) is -4.04. The molecule has 1 heterocycles. The monoisotopic (exact) mass is 414 g/mol. The maximum absolute atomic E-state index is 13.9. The van der Waals surface area contributed by atoms with Crippen LogP contribution in [0.15, 0.2) is 53.8 Å². The Bertz CT molecular complexity index is 998. The summed E-state index contributed by atoms with van der Waals surface area (Å²) >= 11 is 0. The Kier molecular flexibility index (Phi) is 6.20. The Hall–Kier alpha value is -3.22. The molecule has 0 aliphatic carbocycles. The fraction of sp³-hybridized carbons (Fsp3) is 0.304. The molecule has 158 valence electrons. The highest BCUT2D eigenvalue weighted by atomic mass is 19.2. The summed E-state index contributed by atoms with van der Waals surface area (Å²) in [4.78, 5) is 28.7. The van der Waals surface area contributed by atoms with Crippen LogP contribution in [0, 0.1) is 11.6 Å². The molecule has 0 saturated heterocycles. The number of carbonyl (C=O) groups is 2. The van der Waals surface area contributed by atoms with Crippen LogP contribution < -0.4 is 9.80 Å². The molecule has 0 spiro atoms. The smallest absolute Gasteiger partial charge is 0.294 e. The van der Waals surface area contributed by atoms with Crippen molar-refractivity contribution < 1.29 is 23.5 Å². The normalized spacial score (nSPS) is 16.4. The van der Waals surface area contributed by atoms with E-state index in [1.54, 1.807) is 19.1 Å². The van der Waals surface area contributed by atoms with Gasteiger partial charge in [0, 0.05) is 37.0 Å². The molecular formula is C23H24F2N2O3. The highest BCUT2D eigenvalue weighted by molar-refractivity contribution is 6.16. The van der Waals surface area contributed by atoms with E-state index < -0.39 is 29.3 Å². The molecular weight excluding hydrogens is 390 g/mol. The molecule has 5 nitrogen and oxygen atoms in total. The Morgan fingerprint density at radius 3 is 2.20 bits per heavy atom. The number of hydrogen-bond donors (Lipinski definition) is 1. The summed E-state index contributed by atoms with van der Waals surface area (Å²) < 4.78 is 27.3. The van der Waals surface area contributed by atoms with Crippen LogP contribution in [0.3, 0.4) is 0 Å². The average Bonchev–Trinajstić information content (AvgIpc) is 3.02. The molecule has 1 atom stereocenters. The first-order chi connectivity index (χ1) is 14.3. The van der Waals surface area contributed by atoms with Gasteiger partial charge in [-0.2, -0.15) is 0 Å². The van der Waals surface area contributed by atoms with E-state index >= 15 is 0 Å². The Balaban J connectivity index is 2.12. The molecule has 0 aromatic heterocycles. The highest BCUT2D eigenvalue weighted by Crippen LogP contribution is 2.42. The van der Waals surface area contributed by atoms with Gasteiger partial charge in [-0.15, -0.1) is 0 Å². The van der Waals surface area contributed by atoms with E-state index in [-0.39, 0.29) is 23.5 Å². The minimum Gasteiger partial charge on any atom is -0.503 e. The summed E-state index contributed by atoms with van der Waals surface area (Å²) in [7, 11) is 0. The lowest BCUT2D eigenvalue weighted by Crippen LogP contribution is -2.31. The predicted molar refractivity (Wildman–Crippen MR) is 112 cm³/mol. The van der Waals surface area contributed by atoms with Gasteiger partial charge in [-0.25, -0.2) is 8.78 Å². The van der Waals surface area contributed by atoms with Gasteiger partial charge in [0.05, 0.1) is 11.6 Å². The van der Waals surface area contributed by atoms with Crippen LogP contribution in [0.4, 0.5) is 20.2 Å². The Labute approximate surface area is 174 Å². The zero-order chi connectivity index (χ0) is 22.0. The minimum absolute atomic E-state index is 0.0391. The van der Waals surface area contributed by atoms with E-state index in [4.69, 9.17) is 0 Å². The molecule has 1 aliphatic rings. The van der Waals surface area contributed by atoms with Crippen LogP contribution in [0.2, 0.25) is 0 Å².